The van der Waals surface area contributed by atoms with Crippen LogP contribution in [0.25, 0.3) is 0 Å². The number of quaternary nitrogens is 1. The van der Waals surface area contributed by atoms with Gasteiger partial charge in [-0.05, 0) is 26.0 Å². The van der Waals surface area contributed by atoms with Crippen LogP contribution in [0.3, 0.4) is 0 Å². The number of aryl methyl sites for hydroxylation is 1. The molecular weight excluding hydrogens is 348 g/mol. The molecule has 0 bridgehead atoms. The van der Waals surface area contributed by atoms with E-state index in [0.717, 1.165) is 12.1 Å². The van der Waals surface area contributed by atoms with Crippen LogP contribution in [0, 0.1) is 6.92 Å². The van der Waals surface area contributed by atoms with Crippen molar-refractivity contribution in [1.29, 1.82) is 0 Å². The third kappa shape index (κ3) is 5.21. The standard InChI is InChI=1S/C24H26N2O2/c1-3-28-22-12-8-7-11-21(22)26-24(27)23(20-9-5-4-6-10-20)25-17-19-15-13-18(2)14-16-19/h4-16,23,25H,3,17H2,1-2H3,(H,26,27)/p+1/t23-/m0/s1. The second-order valence-electron chi connectivity index (χ2n) is 6.73. The highest BCUT2D eigenvalue weighted by molar-refractivity contribution is 5.95. The highest BCUT2D eigenvalue weighted by Gasteiger charge is 2.25. The molecule has 1 atom stereocenters. The molecule has 3 aromatic rings. The molecule has 0 saturated carbocycles. The van der Waals surface area contributed by atoms with Gasteiger partial charge in [0.15, 0.2) is 6.04 Å². The van der Waals surface area contributed by atoms with E-state index in [-0.39, 0.29) is 11.9 Å². The number of ether oxygens (including phenoxy) is 1. The summed E-state index contributed by atoms with van der Waals surface area (Å²) in [6, 6.07) is 25.5. The number of anilines is 1. The van der Waals surface area contributed by atoms with Crippen LogP contribution in [0.4, 0.5) is 5.69 Å². The number of nitrogens with two attached hydrogens (primary N) is 1. The summed E-state index contributed by atoms with van der Waals surface area (Å²) in [6.45, 7) is 5.28. The first-order valence-corrected chi connectivity index (χ1v) is 9.64. The van der Waals surface area contributed by atoms with E-state index < -0.39 is 0 Å². The first-order chi connectivity index (χ1) is 13.7. The molecule has 28 heavy (non-hydrogen) atoms. The largest absolute Gasteiger partial charge is 0.492 e. The summed E-state index contributed by atoms with van der Waals surface area (Å²) in [4.78, 5) is 13.1. The van der Waals surface area contributed by atoms with Gasteiger partial charge in [0.2, 0.25) is 0 Å². The lowest BCUT2D eigenvalue weighted by molar-refractivity contribution is -0.697. The molecule has 1 amide bonds. The van der Waals surface area contributed by atoms with Gasteiger partial charge in [0, 0.05) is 11.1 Å². The molecule has 0 unspecified atom stereocenters. The number of para-hydroxylation sites is 2. The van der Waals surface area contributed by atoms with Gasteiger partial charge in [-0.15, -0.1) is 0 Å². The van der Waals surface area contributed by atoms with Crippen molar-refractivity contribution in [3.8, 4) is 5.75 Å². The summed E-state index contributed by atoms with van der Waals surface area (Å²) in [5, 5.41) is 5.11. The molecule has 0 aromatic heterocycles. The van der Waals surface area contributed by atoms with Crippen molar-refractivity contribution in [2.75, 3.05) is 11.9 Å². The van der Waals surface area contributed by atoms with Gasteiger partial charge >= 0.3 is 0 Å². The third-order valence-corrected chi connectivity index (χ3v) is 4.60. The van der Waals surface area contributed by atoms with Crippen LogP contribution in [0.1, 0.15) is 29.7 Å². The van der Waals surface area contributed by atoms with Crippen LogP contribution in [0.5, 0.6) is 5.75 Å². The van der Waals surface area contributed by atoms with Crippen molar-refractivity contribution in [2.24, 2.45) is 0 Å². The molecule has 0 heterocycles. The van der Waals surface area contributed by atoms with Crippen molar-refractivity contribution < 1.29 is 14.8 Å². The predicted molar refractivity (Wildman–Crippen MR) is 112 cm³/mol. The van der Waals surface area contributed by atoms with E-state index in [9.17, 15) is 4.79 Å². The molecule has 3 rings (SSSR count). The number of carbonyl (C=O) groups excluding carboxylic acids is 1. The minimum atomic E-state index is -0.350. The Bertz CT molecular complexity index is 892. The fourth-order valence-electron chi connectivity index (χ4n) is 3.09. The Labute approximate surface area is 166 Å². The van der Waals surface area contributed by atoms with Gasteiger partial charge in [-0.2, -0.15) is 0 Å². The van der Waals surface area contributed by atoms with E-state index in [0.29, 0.717) is 18.0 Å². The molecule has 4 nitrogen and oxygen atoms in total. The summed E-state index contributed by atoms with van der Waals surface area (Å²) < 4.78 is 5.64. The predicted octanol–water partition coefficient (Wildman–Crippen LogP) is 3.84. The van der Waals surface area contributed by atoms with E-state index >= 15 is 0 Å². The molecule has 0 aliphatic rings. The van der Waals surface area contributed by atoms with Crippen molar-refractivity contribution in [1.82, 2.24) is 0 Å². The summed E-state index contributed by atoms with van der Waals surface area (Å²) in [6.07, 6.45) is 0. The monoisotopic (exact) mass is 375 g/mol. The second kappa shape index (κ2) is 9.72. The van der Waals surface area contributed by atoms with E-state index in [4.69, 9.17) is 4.74 Å². The zero-order chi connectivity index (χ0) is 19.8. The molecule has 0 spiro atoms. The number of hydrogen-bond acceptors (Lipinski definition) is 2. The van der Waals surface area contributed by atoms with Crippen molar-refractivity contribution in [3.63, 3.8) is 0 Å². The van der Waals surface area contributed by atoms with Crippen LogP contribution < -0.4 is 15.4 Å². The second-order valence-corrected chi connectivity index (χ2v) is 6.73. The molecule has 144 valence electrons. The average Bonchev–Trinajstić information content (AvgIpc) is 2.72. The number of carbonyl (C=O) groups is 1. The number of hydrogen-bond donors (Lipinski definition) is 2. The number of nitrogens with one attached hydrogen (secondary N) is 1. The van der Waals surface area contributed by atoms with Crippen LogP contribution in [0.15, 0.2) is 78.9 Å². The normalized spacial score (nSPS) is 11.6. The molecule has 4 heteroatoms. The summed E-state index contributed by atoms with van der Waals surface area (Å²) in [7, 11) is 0. The molecule has 0 aliphatic carbocycles. The Morgan fingerprint density at radius 2 is 1.64 bits per heavy atom. The highest BCUT2D eigenvalue weighted by Crippen LogP contribution is 2.24. The van der Waals surface area contributed by atoms with Gasteiger partial charge in [0.05, 0.1) is 12.3 Å². The molecule has 0 radical (unpaired) electrons. The van der Waals surface area contributed by atoms with Crippen molar-refractivity contribution >= 4 is 11.6 Å². The first-order valence-electron chi connectivity index (χ1n) is 9.64. The average molecular weight is 375 g/mol. The maximum Gasteiger partial charge on any atom is 0.287 e. The molecule has 3 aromatic carbocycles. The lowest BCUT2D eigenvalue weighted by atomic mass is 10.0. The van der Waals surface area contributed by atoms with E-state index in [1.165, 1.54) is 11.1 Å². The van der Waals surface area contributed by atoms with Gasteiger partial charge in [0.1, 0.15) is 12.3 Å². The maximum absolute atomic E-state index is 13.1. The number of amides is 1. The lowest BCUT2D eigenvalue weighted by Crippen LogP contribution is -2.85. The summed E-state index contributed by atoms with van der Waals surface area (Å²) in [5.74, 6) is 0.620. The Morgan fingerprint density at radius 3 is 2.36 bits per heavy atom. The summed E-state index contributed by atoms with van der Waals surface area (Å²) >= 11 is 0. The van der Waals surface area contributed by atoms with E-state index in [1.54, 1.807) is 0 Å². The van der Waals surface area contributed by atoms with Gasteiger partial charge in [-0.1, -0.05) is 72.3 Å². The van der Waals surface area contributed by atoms with E-state index in [1.807, 2.05) is 61.5 Å². The quantitative estimate of drug-likeness (QED) is 0.629. The zero-order valence-corrected chi connectivity index (χ0v) is 16.4. The van der Waals surface area contributed by atoms with Crippen LogP contribution in [0.2, 0.25) is 0 Å². The highest BCUT2D eigenvalue weighted by atomic mass is 16.5. The Hall–Kier alpha value is -3.11. The Balaban J connectivity index is 1.78. The minimum absolute atomic E-state index is 0.0644. The smallest absolute Gasteiger partial charge is 0.287 e. The van der Waals surface area contributed by atoms with Gasteiger partial charge in [-0.3, -0.25) is 4.79 Å². The van der Waals surface area contributed by atoms with Gasteiger partial charge in [-0.25, -0.2) is 0 Å². The first kappa shape index (κ1) is 19.6. The van der Waals surface area contributed by atoms with Crippen LogP contribution in [-0.2, 0) is 11.3 Å². The van der Waals surface area contributed by atoms with Crippen LogP contribution in [-0.4, -0.2) is 12.5 Å². The third-order valence-electron chi connectivity index (χ3n) is 4.60. The fourth-order valence-corrected chi connectivity index (χ4v) is 3.09. The summed E-state index contributed by atoms with van der Waals surface area (Å²) in [5.41, 5.74) is 4.09. The van der Waals surface area contributed by atoms with E-state index in [2.05, 4.69) is 41.8 Å². The topological polar surface area (TPSA) is 54.9 Å². The fraction of sp³-hybridized carbons (Fsp3) is 0.208. The SMILES string of the molecule is CCOc1ccccc1NC(=O)[C@@H]([NH2+]Cc1ccc(C)cc1)c1ccccc1. The number of rotatable bonds is 8. The molecular formula is C24H27N2O2+. The van der Waals surface area contributed by atoms with Gasteiger partial charge < -0.3 is 15.4 Å². The van der Waals surface area contributed by atoms with Crippen molar-refractivity contribution in [3.05, 3.63) is 95.6 Å². The lowest BCUT2D eigenvalue weighted by Gasteiger charge is -2.17. The molecule has 0 fully saturated rings. The number of benzene rings is 3. The van der Waals surface area contributed by atoms with Crippen molar-refractivity contribution in [2.45, 2.75) is 26.4 Å². The Morgan fingerprint density at radius 1 is 0.964 bits per heavy atom. The molecule has 0 saturated heterocycles. The minimum Gasteiger partial charge on any atom is -0.492 e. The Kier molecular flexibility index (Phi) is 6.82. The zero-order valence-electron chi connectivity index (χ0n) is 16.4. The van der Waals surface area contributed by atoms with Crippen LogP contribution >= 0.6 is 0 Å². The molecule has 0 aliphatic heterocycles. The van der Waals surface area contributed by atoms with Gasteiger partial charge in [0.25, 0.3) is 5.91 Å². The molecule has 3 N–H and O–H groups in total. The maximum atomic E-state index is 13.1.